The number of nitrogens with zero attached hydrogens (tertiary/aromatic N) is 2. The Balaban J connectivity index is 2.27. The number of hydrogen-bond donors (Lipinski definition) is 1. The summed E-state index contributed by atoms with van der Waals surface area (Å²) in [6.45, 7) is 2.82. The lowest BCUT2D eigenvalue weighted by Gasteiger charge is -2.30. The molecule has 1 atom stereocenters. The fraction of sp³-hybridized carbons (Fsp3) is 0.353. The molecule has 2 aromatic rings. The lowest BCUT2D eigenvalue weighted by molar-refractivity contribution is -0.386. The van der Waals surface area contributed by atoms with E-state index in [4.69, 9.17) is 0 Å². The van der Waals surface area contributed by atoms with Gasteiger partial charge in [0.15, 0.2) is 6.04 Å². The van der Waals surface area contributed by atoms with Crippen LogP contribution in [-0.4, -0.2) is 28.6 Å². The predicted octanol–water partition coefficient (Wildman–Crippen LogP) is 3.72. The molecule has 9 heteroatoms. The topological polar surface area (TPSA) is 75.5 Å². The second kappa shape index (κ2) is 5.94. The monoisotopic (exact) mass is 367 g/mol. The first-order valence-corrected chi connectivity index (χ1v) is 7.83. The number of rotatable bonds is 3. The number of nitrogens with one attached hydrogen (secondary N) is 1. The molecule has 1 fully saturated rings. The fourth-order valence-electron chi connectivity index (χ4n) is 3.20. The van der Waals surface area contributed by atoms with E-state index in [2.05, 4.69) is 5.43 Å². The molecule has 0 bridgehead atoms. The summed E-state index contributed by atoms with van der Waals surface area (Å²) in [5.41, 5.74) is 0.0853. The van der Waals surface area contributed by atoms with Gasteiger partial charge in [-0.2, -0.15) is 13.2 Å². The van der Waals surface area contributed by atoms with E-state index in [1.54, 1.807) is 12.1 Å². The van der Waals surface area contributed by atoms with Gasteiger partial charge in [0.2, 0.25) is 5.91 Å². The number of alkyl halides is 3. The van der Waals surface area contributed by atoms with Gasteiger partial charge in [0.05, 0.1) is 15.9 Å². The minimum absolute atomic E-state index is 0.128. The van der Waals surface area contributed by atoms with Gasteiger partial charge in [-0.3, -0.25) is 20.3 Å². The van der Waals surface area contributed by atoms with Crippen LogP contribution in [-0.2, 0) is 4.79 Å². The molecule has 26 heavy (non-hydrogen) atoms. The highest BCUT2D eigenvalue weighted by Crippen LogP contribution is 2.46. The van der Waals surface area contributed by atoms with Crippen LogP contribution in [0.2, 0.25) is 0 Å². The van der Waals surface area contributed by atoms with E-state index in [1.165, 1.54) is 32.0 Å². The Morgan fingerprint density at radius 2 is 1.88 bits per heavy atom. The molecule has 0 spiro atoms. The van der Waals surface area contributed by atoms with Crippen LogP contribution in [0, 0.1) is 15.5 Å². The summed E-state index contributed by atoms with van der Waals surface area (Å²) in [5.74, 6) is -0.561. The molecular formula is C17H16F3N3O3. The van der Waals surface area contributed by atoms with Crippen LogP contribution in [0.4, 0.5) is 18.9 Å². The van der Waals surface area contributed by atoms with Gasteiger partial charge in [-0.25, -0.2) is 5.01 Å². The van der Waals surface area contributed by atoms with E-state index in [9.17, 15) is 28.1 Å². The lowest BCUT2D eigenvalue weighted by Crippen LogP contribution is -2.44. The zero-order valence-corrected chi connectivity index (χ0v) is 14.0. The highest BCUT2D eigenvalue weighted by molar-refractivity contribution is 5.90. The Hall–Kier alpha value is -2.68. The molecule has 0 radical (unpaired) electrons. The fourth-order valence-corrected chi connectivity index (χ4v) is 3.20. The van der Waals surface area contributed by atoms with Crippen LogP contribution >= 0.6 is 0 Å². The molecule has 1 heterocycles. The Bertz CT molecular complexity index is 896. The zero-order valence-electron chi connectivity index (χ0n) is 14.0. The van der Waals surface area contributed by atoms with Gasteiger partial charge in [0.25, 0.3) is 5.69 Å². The molecule has 0 unspecified atom stereocenters. The molecule has 1 N–H and O–H groups in total. The summed E-state index contributed by atoms with van der Waals surface area (Å²) < 4.78 is 42.0. The summed E-state index contributed by atoms with van der Waals surface area (Å²) >= 11 is 0. The van der Waals surface area contributed by atoms with Crippen molar-refractivity contribution in [2.45, 2.75) is 26.1 Å². The van der Waals surface area contributed by atoms with Gasteiger partial charge in [0, 0.05) is 12.6 Å². The molecule has 3 rings (SSSR count). The summed E-state index contributed by atoms with van der Waals surface area (Å²) in [5, 5.41) is 12.8. The number of nitro benzene ring substituents is 1. The van der Waals surface area contributed by atoms with Gasteiger partial charge in [-0.05, 0) is 30.7 Å². The number of benzene rings is 2. The largest absolute Gasteiger partial charge is 0.410 e. The highest BCUT2D eigenvalue weighted by Gasteiger charge is 2.53. The number of halogens is 3. The van der Waals surface area contributed by atoms with Gasteiger partial charge in [-0.15, -0.1) is 0 Å². The van der Waals surface area contributed by atoms with Crippen molar-refractivity contribution in [1.29, 1.82) is 0 Å². The maximum absolute atomic E-state index is 14.0. The molecule has 0 saturated carbocycles. The Morgan fingerprint density at radius 1 is 1.23 bits per heavy atom. The van der Waals surface area contributed by atoms with Crippen LogP contribution in [0.3, 0.4) is 0 Å². The minimum Gasteiger partial charge on any atom is -0.287 e. The maximum atomic E-state index is 14.0. The highest BCUT2D eigenvalue weighted by atomic mass is 19.4. The molecule has 1 aliphatic rings. The van der Waals surface area contributed by atoms with Crippen molar-refractivity contribution in [3.63, 3.8) is 0 Å². The SMILES string of the molecule is CC1(C)CN([C@@H](c2c([N+](=O)[O-])ccc3ccccc23)C(F)(F)F)NC1=O. The van der Waals surface area contributed by atoms with E-state index < -0.39 is 39.7 Å². The second-order valence-corrected chi connectivity index (χ2v) is 6.87. The summed E-state index contributed by atoms with van der Waals surface area (Å²) in [7, 11) is 0. The maximum Gasteiger partial charge on any atom is 0.410 e. The van der Waals surface area contributed by atoms with Crippen molar-refractivity contribution in [2.24, 2.45) is 5.41 Å². The number of fused-ring (bicyclic) bond motifs is 1. The molecule has 0 aliphatic carbocycles. The molecule has 1 amide bonds. The van der Waals surface area contributed by atoms with Crippen LogP contribution in [0.25, 0.3) is 10.8 Å². The summed E-state index contributed by atoms with van der Waals surface area (Å²) in [4.78, 5) is 22.6. The second-order valence-electron chi connectivity index (χ2n) is 6.87. The first-order valence-electron chi connectivity index (χ1n) is 7.83. The average Bonchev–Trinajstić information content (AvgIpc) is 2.79. The van der Waals surface area contributed by atoms with Gasteiger partial charge >= 0.3 is 6.18 Å². The number of carbonyl (C=O) groups is 1. The standard InChI is InChI=1S/C17H16F3N3O3/c1-16(2)9-22(21-15(16)24)14(17(18,19)20)13-11-6-4-3-5-10(11)7-8-12(13)23(25)26/h3-8,14H,9H2,1-2H3,(H,21,24)/t14-/m0/s1. The molecule has 138 valence electrons. The summed E-state index contributed by atoms with van der Waals surface area (Å²) in [6, 6.07) is 6.31. The van der Waals surface area contributed by atoms with Crippen molar-refractivity contribution < 1.29 is 22.9 Å². The number of carbonyl (C=O) groups excluding carboxylic acids is 1. The Labute approximate surface area is 146 Å². The van der Waals surface area contributed by atoms with E-state index in [1.807, 2.05) is 0 Å². The molecule has 6 nitrogen and oxygen atoms in total. The third-order valence-corrected chi connectivity index (χ3v) is 4.46. The minimum atomic E-state index is -4.83. The van der Waals surface area contributed by atoms with Crippen LogP contribution in [0.15, 0.2) is 36.4 Å². The molecular weight excluding hydrogens is 351 g/mol. The van der Waals surface area contributed by atoms with Gasteiger partial charge in [-0.1, -0.05) is 24.3 Å². The van der Waals surface area contributed by atoms with Crippen molar-refractivity contribution >= 4 is 22.4 Å². The normalized spacial score (nSPS) is 18.7. The van der Waals surface area contributed by atoms with Crippen molar-refractivity contribution in [2.75, 3.05) is 6.54 Å². The van der Waals surface area contributed by atoms with Crippen molar-refractivity contribution in [3.05, 3.63) is 52.1 Å². The predicted molar refractivity (Wildman–Crippen MR) is 88.0 cm³/mol. The van der Waals surface area contributed by atoms with Gasteiger partial charge < -0.3 is 0 Å². The van der Waals surface area contributed by atoms with Crippen molar-refractivity contribution in [3.8, 4) is 0 Å². The summed E-state index contributed by atoms with van der Waals surface area (Å²) in [6.07, 6.45) is -4.83. The number of hydrazine groups is 1. The van der Waals surface area contributed by atoms with E-state index in [0.29, 0.717) is 5.39 Å². The third kappa shape index (κ3) is 2.98. The molecule has 0 aromatic heterocycles. The van der Waals surface area contributed by atoms with E-state index >= 15 is 0 Å². The quantitative estimate of drug-likeness (QED) is 0.663. The molecule has 1 aliphatic heterocycles. The Morgan fingerprint density at radius 3 is 2.42 bits per heavy atom. The number of amides is 1. The number of hydrogen-bond acceptors (Lipinski definition) is 4. The number of nitro groups is 1. The van der Waals surface area contributed by atoms with Crippen LogP contribution in [0.5, 0.6) is 0 Å². The lowest BCUT2D eigenvalue weighted by atomic mass is 9.92. The van der Waals surface area contributed by atoms with Crippen LogP contribution in [0.1, 0.15) is 25.5 Å². The zero-order chi connectivity index (χ0) is 19.3. The third-order valence-electron chi connectivity index (χ3n) is 4.46. The Kier molecular flexibility index (Phi) is 4.14. The van der Waals surface area contributed by atoms with E-state index in [-0.39, 0.29) is 11.9 Å². The van der Waals surface area contributed by atoms with Gasteiger partial charge in [0.1, 0.15) is 0 Å². The molecule has 1 saturated heterocycles. The first-order chi connectivity index (χ1) is 12.0. The van der Waals surface area contributed by atoms with Crippen molar-refractivity contribution in [1.82, 2.24) is 10.4 Å². The van der Waals surface area contributed by atoms with Crippen LogP contribution < -0.4 is 5.43 Å². The first kappa shape index (κ1) is 18.1. The molecule has 2 aromatic carbocycles. The smallest absolute Gasteiger partial charge is 0.287 e. The average molecular weight is 367 g/mol. The van der Waals surface area contributed by atoms with E-state index in [0.717, 1.165) is 11.1 Å².